The summed E-state index contributed by atoms with van der Waals surface area (Å²) >= 11 is 0. The Hall–Kier alpha value is -2.94. The molecule has 6 heteroatoms. The Morgan fingerprint density at radius 1 is 1.42 bits per heavy atom. The average molecular weight is 258 g/mol. The average Bonchev–Trinajstić information content (AvgIpc) is 2.39. The first kappa shape index (κ1) is 12.5. The number of halogens is 1. The molecule has 0 bridgehead atoms. The van der Waals surface area contributed by atoms with E-state index in [2.05, 4.69) is 4.98 Å². The second-order valence-corrected chi connectivity index (χ2v) is 3.52. The number of aromatic nitrogens is 1. The first-order valence-electron chi connectivity index (χ1n) is 5.17. The Kier molecular flexibility index (Phi) is 3.39. The molecule has 0 unspecified atom stereocenters. The van der Waals surface area contributed by atoms with Gasteiger partial charge in [-0.25, -0.2) is 14.2 Å². The molecule has 0 saturated carbocycles. The lowest BCUT2D eigenvalue weighted by atomic mass is 10.2. The number of nitriles is 1. The van der Waals surface area contributed by atoms with E-state index in [1.165, 1.54) is 18.3 Å². The lowest BCUT2D eigenvalue weighted by molar-refractivity contribution is 0.0692. The Balaban J connectivity index is 2.32. The Bertz CT molecular complexity index is 680. The van der Waals surface area contributed by atoms with E-state index in [0.29, 0.717) is 0 Å². The highest BCUT2D eigenvalue weighted by Crippen LogP contribution is 2.24. The summed E-state index contributed by atoms with van der Waals surface area (Å²) in [5, 5.41) is 17.5. The molecule has 1 aromatic carbocycles. The minimum absolute atomic E-state index is 0.0347. The molecular formula is C13H7FN2O3. The maximum absolute atomic E-state index is 13.4. The molecule has 0 fully saturated rings. The monoisotopic (exact) mass is 258 g/mol. The molecule has 0 amide bonds. The Morgan fingerprint density at radius 3 is 2.84 bits per heavy atom. The molecule has 0 spiro atoms. The van der Waals surface area contributed by atoms with Gasteiger partial charge < -0.3 is 9.84 Å². The van der Waals surface area contributed by atoms with Crippen molar-refractivity contribution < 1.29 is 19.0 Å². The summed E-state index contributed by atoms with van der Waals surface area (Å²) in [6.45, 7) is 0. The van der Waals surface area contributed by atoms with Gasteiger partial charge in [0.15, 0.2) is 0 Å². The van der Waals surface area contributed by atoms with Crippen molar-refractivity contribution in [2.75, 3.05) is 0 Å². The van der Waals surface area contributed by atoms with E-state index in [-0.39, 0.29) is 17.2 Å². The van der Waals surface area contributed by atoms with Gasteiger partial charge in [-0.2, -0.15) is 5.26 Å². The zero-order chi connectivity index (χ0) is 13.8. The van der Waals surface area contributed by atoms with Crippen molar-refractivity contribution in [3.8, 4) is 17.7 Å². The number of benzene rings is 1. The van der Waals surface area contributed by atoms with Crippen molar-refractivity contribution in [1.29, 1.82) is 5.26 Å². The van der Waals surface area contributed by atoms with E-state index in [9.17, 15) is 9.18 Å². The zero-order valence-electron chi connectivity index (χ0n) is 9.50. The summed E-state index contributed by atoms with van der Waals surface area (Å²) < 4.78 is 18.7. The third-order valence-electron chi connectivity index (χ3n) is 2.28. The number of aromatic carboxylic acids is 1. The maximum Gasteiger partial charge on any atom is 0.338 e. The van der Waals surface area contributed by atoms with E-state index in [1.807, 2.05) is 6.07 Å². The highest BCUT2D eigenvalue weighted by Gasteiger charge is 2.12. The number of hydrogen-bond acceptors (Lipinski definition) is 4. The fourth-order valence-electron chi connectivity index (χ4n) is 1.40. The topological polar surface area (TPSA) is 83.2 Å². The van der Waals surface area contributed by atoms with E-state index in [4.69, 9.17) is 15.1 Å². The van der Waals surface area contributed by atoms with Crippen LogP contribution in [0.25, 0.3) is 0 Å². The molecule has 1 aromatic heterocycles. The maximum atomic E-state index is 13.4. The minimum atomic E-state index is -1.36. The van der Waals surface area contributed by atoms with E-state index in [1.54, 1.807) is 6.07 Å². The van der Waals surface area contributed by atoms with Gasteiger partial charge in [0.05, 0.1) is 5.56 Å². The molecule has 0 aliphatic carbocycles. The summed E-state index contributed by atoms with van der Waals surface area (Å²) in [5.74, 6) is -2.18. The smallest absolute Gasteiger partial charge is 0.338 e. The predicted octanol–water partition coefficient (Wildman–Crippen LogP) is 2.58. The quantitative estimate of drug-likeness (QED) is 0.914. The summed E-state index contributed by atoms with van der Waals surface area (Å²) in [6, 6.07) is 8.27. The molecular weight excluding hydrogens is 251 g/mol. The van der Waals surface area contributed by atoms with Crippen LogP contribution in [-0.2, 0) is 0 Å². The SMILES string of the molecule is N#Cc1cccnc1Oc1ccc(C(=O)O)c(F)c1. The summed E-state index contributed by atoms with van der Waals surface area (Å²) in [7, 11) is 0. The Labute approximate surface area is 107 Å². The van der Waals surface area contributed by atoms with Crippen LogP contribution in [-0.4, -0.2) is 16.1 Å². The molecule has 0 aliphatic heterocycles. The molecule has 1 heterocycles. The molecule has 19 heavy (non-hydrogen) atoms. The molecule has 2 aromatic rings. The third kappa shape index (κ3) is 2.66. The van der Waals surface area contributed by atoms with Crippen molar-refractivity contribution in [1.82, 2.24) is 4.98 Å². The molecule has 0 atom stereocenters. The fourth-order valence-corrected chi connectivity index (χ4v) is 1.40. The highest BCUT2D eigenvalue weighted by molar-refractivity contribution is 5.88. The van der Waals surface area contributed by atoms with Crippen molar-refractivity contribution in [2.24, 2.45) is 0 Å². The van der Waals surface area contributed by atoms with Gasteiger partial charge in [0.25, 0.3) is 0 Å². The molecule has 5 nitrogen and oxygen atoms in total. The molecule has 0 radical (unpaired) electrons. The van der Waals surface area contributed by atoms with Crippen LogP contribution in [0.2, 0.25) is 0 Å². The van der Waals surface area contributed by atoms with Gasteiger partial charge in [-0.05, 0) is 24.3 Å². The molecule has 2 rings (SSSR count). The van der Waals surface area contributed by atoms with Gasteiger partial charge in [0, 0.05) is 12.3 Å². The lowest BCUT2D eigenvalue weighted by Crippen LogP contribution is -2.00. The largest absolute Gasteiger partial charge is 0.478 e. The number of rotatable bonds is 3. The number of carboxylic acids is 1. The number of nitrogens with zero attached hydrogens (tertiary/aromatic N) is 2. The van der Waals surface area contributed by atoms with Crippen molar-refractivity contribution in [3.63, 3.8) is 0 Å². The second kappa shape index (κ2) is 5.14. The molecule has 1 N–H and O–H groups in total. The molecule has 0 saturated heterocycles. The van der Waals surface area contributed by atoms with Gasteiger partial charge >= 0.3 is 5.97 Å². The number of carboxylic acid groups (broad SMARTS) is 1. The summed E-state index contributed by atoms with van der Waals surface area (Å²) in [5.41, 5.74) is -0.251. The third-order valence-corrected chi connectivity index (χ3v) is 2.28. The van der Waals surface area contributed by atoms with Gasteiger partial charge in [-0.15, -0.1) is 0 Å². The van der Waals surface area contributed by atoms with Crippen LogP contribution in [0.4, 0.5) is 4.39 Å². The van der Waals surface area contributed by atoms with Crippen molar-refractivity contribution >= 4 is 5.97 Å². The van der Waals surface area contributed by atoms with Crippen LogP contribution < -0.4 is 4.74 Å². The van der Waals surface area contributed by atoms with Crippen LogP contribution in [0.15, 0.2) is 36.5 Å². The predicted molar refractivity (Wildman–Crippen MR) is 62.4 cm³/mol. The van der Waals surface area contributed by atoms with Crippen molar-refractivity contribution in [2.45, 2.75) is 0 Å². The first-order valence-corrected chi connectivity index (χ1v) is 5.17. The molecule has 0 aliphatic rings. The zero-order valence-corrected chi connectivity index (χ0v) is 9.50. The summed E-state index contributed by atoms with van der Waals surface area (Å²) in [6.07, 6.45) is 1.43. The standard InChI is InChI=1S/C13H7FN2O3/c14-11-6-9(3-4-10(11)13(17)18)19-12-8(7-15)2-1-5-16-12/h1-6H,(H,17,18). The van der Waals surface area contributed by atoms with Crippen LogP contribution in [0.1, 0.15) is 15.9 Å². The van der Waals surface area contributed by atoms with Crippen LogP contribution in [0.5, 0.6) is 11.6 Å². The normalized spacial score (nSPS) is 9.68. The Morgan fingerprint density at radius 2 is 2.21 bits per heavy atom. The van der Waals surface area contributed by atoms with Gasteiger partial charge in [0.1, 0.15) is 23.2 Å². The fraction of sp³-hybridized carbons (Fsp3) is 0. The minimum Gasteiger partial charge on any atom is -0.478 e. The van der Waals surface area contributed by atoms with Gasteiger partial charge in [-0.3, -0.25) is 0 Å². The van der Waals surface area contributed by atoms with Gasteiger partial charge in [0.2, 0.25) is 5.88 Å². The van der Waals surface area contributed by atoms with E-state index >= 15 is 0 Å². The van der Waals surface area contributed by atoms with Crippen molar-refractivity contribution in [3.05, 3.63) is 53.5 Å². The number of pyridine rings is 1. The van der Waals surface area contributed by atoms with Crippen LogP contribution in [0, 0.1) is 17.1 Å². The van der Waals surface area contributed by atoms with E-state index < -0.39 is 17.3 Å². The number of hydrogen-bond donors (Lipinski definition) is 1. The number of ether oxygens (including phenoxy) is 1. The molecule has 94 valence electrons. The van der Waals surface area contributed by atoms with Crippen LogP contribution in [0.3, 0.4) is 0 Å². The second-order valence-electron chi connectivity index (χ2n) is 3.52. The van der Waals surface area contributed by atoms with Crippen LogP contribution >= 0.6 is 0 Å². The van der Waals surface area contributed by atoms with E-state index in [0.717, 1.165) is 12.1 Å². The number of carbonyl (C=O) groups is 1. The highest BCUT2D eigenvalue weighted by atomic mass is 19.1. The van der Waals surface area contributed by atoms with Gasteiger partial charge in [-0.1, -0.05) is 0 Å². The first-order chi connectivity index (χ1) is 9.11. The summed E-state index contributed by atoms with van der Waals surface area (Å²) in [4.78, 5) is 14.5. The lowest BCUT2D eigenvalue weighted by Gasteiger charge is -2.06.